The van der Waals surface area contributed by atoms with E-state index in [1.807, 2.05) is 6.92 Å². The van der Waals surface area contributed by atoms with Crippen molar-refractivity contribution >= 4 is 35.1 Å². The van der Waals surface area contributed by atoms with Crippen LogP contribution >= 0.6 is 0 Å². The number of hydrogen-bond acceptors (Lipinski definition) is 9. The van der Waals surface area contributed by atoms with Crippen molar-refractivity contribution in [3.8, 4) is 11.5 Å². The summed E-state index contributed by atoms with van der Waals surface area (Å²) in [7, 11) is 0. The average molecular weight is 497 g/mol. The minimum absolute atomic E-state index is 0.0239. The van der Waals surface area contributed by atoms with E-state index in [0.717, 1.165) is 10.5 Å². The largest absolute Gasteiger partial charge is 0.489 e. The summed E-state index contributed by atoms with van der Waals surface area (Å²) in [6.45, 7) is 1.88. The lowest BCUT2D eigenvalue weighted by atomic mass is 10.1. The quantitative estimate of drug-likeness (QED) is 0.251. The fourth-order valence-electron chi connectivity index (χ4n) is 3.84. The highest BCUT2D eigenvalue weighted by Gasteiger charge is 2.35. The topological polar surface area (TPSA) is 154 Å². The second-order valence-electron chi connectivity index (χ2n) is 8.25. The molecule has 12 heteroatoms. The number of benzene rings is 2. The number of fused-ring (bicyclic) bond motifs is 2. The molecular weight excluding hydrogens is 474 g/mol. The fraction of sp³-hybridized carbons (Fsp3) is 0.333. The molecule has 0 atom stereocenters. The average Bonchev–Trinajstić information content (AvgIpc) is 2.98. The fourth-order valence-corrected chi connectivity index (χ4v) is 3.84. The Balaban J connectivity index is 1.27. The Hall–Kier alpha value is -4.48. The normalized spacial score (nSPS) is 14.2. The Kier molecular flexibility index (Phi) is 7.13. The molecule has 2 aliphatic heterocycles. The van der Waals surface area contributed by atoms with Crippen LogP contribution in [0.1, 0.15) is 45.5 Å². The van der Waals surface area contributed by atoms with E-state index in [2.05, 4.69) is 5.32 Å². The molecule has 0 spiro atoms. The molecule has 0 radical (unpaired) electrons. The van der Waals surface area contributed by atoms with Crippen LogP contribution in [0.2, 0.25) is 0 Å². The zero-order valence-corrected chi connectivity index (χ0v) is 19.4. The van der Waals surface area contributed by atoms with Crippen LogP contribution in [0.5, 0.6) is 11.5 Å². The number of hydrogen-bond donors (Lipinski definition) is 1. The maximum absolute atomic E-state index is 12.5. The first-order chi connectivity index (χ1) is 17.2. The molecular formula is C24H23N3O9. The Labute approximate surface area is 205 Å². The molecule has 0 unspecified atom stereocenters. The SMILES string of the molecule is Cc1ccc2c(c1)C(=O)N(CCCC(=O)OCC(=O)Nc1cc3c(cc1[N+](=O)[O-])OCCCO3)C2=O. The molecule has 2 aliphatic rings. The third-order valence-electron chi connectivity index (χ3n) is 5.59. The number of nitro groups is 1. The highest BCUT2D eigenvalue weighted by Crippen LogP contribution is 2.39. The molecule has 12 nitrogen and oxygen atoms in total. The number of carbonyl (C=O) groups is 4. The molecule has 4 rings (SSSR count). The summed E-state index contributed by atoms with van der Waals surface area (Å²) < 4.78 is 15.9. The van der Waals surface area contributed by atoms with Crippen molar-refractivity contribution in [2.24, 2.45) is 0 Å². The smallest absolute Gasteiger partial charge is 0.306 e. The van der Waals surface area contributed by atoms with Gasteiger partial charge in [0.15, 0.2) is 18.1 Å². The number of nitro benzene ring substituents is 1. The van der Waals surface area contributed by atoms with Crippen molar-refractivity contribution in [2.75, 3.05) is 31.7 Å². The second-order valence-corrected chi connectivity index (χ2v) is 8.25. The van der Waals surface area contributed by atoms with Crippen LogP contribution in [-0.2, 0) is 14.3 Å². The molecule has 2 heterocycles. The number of amides is 3. The number of rotatable bonds is 8. The maximum atomic E-state index is 12.5. The molecule has 0 saturated carbocycles. The third kappa shape index (κ3) is 5.27. The van der Waals surface area contributed by atoms with Crippen molar-refractivity contribution in [3.05, 3.63) is 57.1 Å². The van der Waals surface area contributed by atoms with E-state index in [1.54, 1.807) is 18.2 Å². The summed E-state index contributed by atoms with van der Waals surface area (Å²) in [5.74, 6) is -1.87. The van der Waals surface area contributed by atoms with Gasteiger partial charge in [0.1, 0.15) is 5.69 Å². The molecule has 0 aromatic heterocycles. The highest BCUT2D eigenvalue weighted by molar-refractivity contribution is 6.21. The van der Waals surface area contributed by atoms with Gasteiger partial charge in [-0.15, -0.1) is 0 Å². The first kappa shape index (κ1) is 24.6. The predicted molar refractivity (Wildman–Crippen MR) is 124 cm³/mol. The molecule has 36 heavy (non-hydrogen) atoms. The summed E-state index contributed by atoms with van der Waals surface area (Å²) in [6.07, 6.45) is 0.620. The molecule has 2 aromatic carbocycles. The minimum atomic E-state index is -0.781. The number of esters is 1. The molecule has 3 amide bonds. The van der Waals surface area contributed by atoms with Gasteiger partial charge in [0.25, 0.3) is 23.4 Å². The summed E-state index contributed by atoms with van der Waals surface area (Å²) in [5, 5.41) is 13.8. The molecule has 188 valence electrons. The summed E-state index contributed by atoms with van der Waals surface area (Å²) in [4.78, 5) is 61.1. The lowest BCUT2D eigenvalue weighted by molar-refractivity contribution is -0.384. The van der Waals surface area contributed by atoms with Gasteiger partial charge >= 0.3 is 5.97 Å². The number of nitrogens with one attached hydrogen (secondary N) is 1. The first-order valence-electron chi connectivity index (χ1n) is 11.2. The Morgan fingerprint density at radius 2 is 1.78 bits per heavy atom. The van der Waals surface area contributed by atoms with Gasteiger partial charge in [0.2, 0.25) is 0 Å². The summed E-state index contributed by atoms with van der Waals surface area (Å²) in [5.41, 5.74) is 1.01. The molecule has 0 saturated heterocycles. The number of carbonyl (C=O) groups excluding carboxylic acids is 4. The molecule has 0 fully saturated rings. The number of aryl methyl sites for hydroxylation is 1. The van der Waals surface area contributed by atoms with Gasteiger partial charge in [-0.05, 0) is 25.5 Å². The van der Waals surface area contributed by atoms with Crippen LogP contribution in [0, 0.1) is 17.0 Å². The Bertz CT molecular complexity index is 1260. The second kappa shape index (κ2) is 10.4. The maximum Gasteiger partial charge on any atom is 0.306 e. The van der Waals surface area contributed by atoms with Gasteiger partial charge in [0.05, 0.1) is 35.3 Å². The summed E-state index contributed by atoms with van der Waals surface area (Å²) >= 11 is 0. The lowest BCUT2D eigenvalue weighted by Crippen LogP contribution is -2.31. The van der Waals surface area contributed by atoms with E-state index >= 15 is 0 Å². The van der Waals surface area contributed by atoms with E-state index < -0.39 is 40.9 Å². The molecule has 1 N–H and O–H groups in total. The van der Waals surface area contributed by atoms with Crippen LogP contribution in [0.3, 0.4) is 0 Å². The van der Waals surface area contributed by atoms with Crippen molar-refractivity contribution in [1.82, 2.24) is 4.90 Å². The standard InChI is InChI=1S/C24H23N3O9/c1-14-5-6-15-16(10-14)24(31)26(23(15)30)7-2-4-22(29)36-13-21(28)25-17-11-19-20(12-18(17)27(32)33)35-9-3-8-34-19/h5-6,10-12H,2-4,7-9,13H2,1H3,(H,25,28). The number of imide groups is 1. The van der Waals surface area contributed by atoms with E-state index in [1.165, 1.54) is 12.1 Å². The van der Waals surface area contributed by atoms with E-state index in [0.29, 0.717) is 30.8 Å². The van der Waals surface area contributed by atoms with Gasteiger partial charge in [0, 0.05) is 25.5 Å². The van der Waals surface area contributed by atoms with Crippen LogP contribution < -0.4 is 14.8 Å². The third-order valence-corrected chi connectivity index (χ3v) is 5.59. The summed E-state index contributed by atoms with van der Waals surface area (Å²) in [6, 6.07) is 7.46. The monoisotopic (exact) mass is 497 g/mol. The van der Waals surface area contributed by atoms with E-state index in [9.17, 15) is 29.3 Å². The minimum Gasteiger partial charge on any atom is -0.489 e. The Morgan fingerprint density at radius 3 is 2.50 bits per heavy atom. The highest BCUT2D eigenvalue weighted by atomic mass is 16.6. The van der Waals surface area contributed by atoms with Crippen molar-refractivity contribution in [1.29, 1.82) is 0 Å². The number of nitrogens with zero attached hydrogens (tertiary/aromatic N) is 2. The van der Waals surface area contributed by atoms with Crippen LogP contribution in [0.15, 0.2) is 30.3 Å². The lowest BCUT2D eigenvalue weighted by Gasteiger charge is -2.13. The Morgan fingerprint density at radius 1 is 1.08 bits per heavy atom. The van der Waals surface area contributed by atoms with Crippen LogP contribution in [0.4, 0.5) is 11.4 Å². The first-order valence-corrected chi connectivity index (χ1v) is 11.2. The molecule has 2 aromatic rings. The number of anilines is 1. The zero-order chi connectivity index (χ0) is 25.8. The van der Waals surface area contributed by atoms with E-state index in [4.69, 9.17) is 14.2 Å². The van der Waals surface area contributed by atoms with Gasteiger partial charge < -0.3 is 19.5 Å². The van der Waals surface area contributed by atoms with Gasteiger partial charge in [-0.2, -0.15) is 0 Å². The van der Waals surface area contributed by atoms with Gasteiger partial charge in [-0.1, -0.05) is 11.6 Å². The number of ether oxygens (including phenoxy) is 3. The van der Waals surface area contributed by atoms with Crippen molar-refractivity contribution in [3.63, 3.8) is 0 Å². The van der Waals surface area contributed by atoms with Gasteiger partial charge in [-0.25, -0.2) is 0 Å². The van der Waals surface area contributed by atoms with E-state index in [-0.39, 0.29) is 36.6 Å². The van der Waals surface area contributed by atoms with Crippen molar-refractivity contribution in [2.45, 2.75) is 26.2 Å². The predicted octanol–water partition coefficient (Wildman–Crippen LogP) is 2.62. The van der Waals surface area contributed by atoms with Gasteiger partial charge in [-0.3, -0.25) is 34.2 Å². The van der Waals surface area contributed by atoms with Crippen LogP contribution in [-0.4, -0.2) is 59.9 Å². The van der Waals surface area contributed by atoms with Crippen LogP contribution in [0.25, 0.3) is 0 Å². The molecule has 0 bridgehead atoms. The zero-order valence-electron chi connectivity index (χ0n) is 19.4. The molecule has 0 aliphatic carbocycles. The van der Waals surface area contributed by atoms with Crippen molar-refractivity contribution < 1.29 is 38.3 Å².